The topological polar surface area (TPSA) is 30.4 Å². The van der Waals surface area contributed by atoms with Crippen molar-refractivity contribution in [2.45, 2.75) is 0 Å². The molecule has 55 heavy (non-hydrogen) atoms. The van der Waals surface area contributed by atoms with Crippen molar-refractivity contribution in [3.8, 4) is 44.6 Å². The summed E-state index contributed by atoms with van der Waals surface area (Å²) in [5.41, 5.74) is 14.4. The maximum Gasteiger partial charge on any atom is 0.156 e. The van der Waals surface area contributed by atoms with E-state index in [0.717, 1.165) is 61.0 Å². The van der Waals surface area contributed by atoms with Crippen LogP contribution in [0.1, 0.15) is 0 Å². The number of aromatic nitrogens is 2. The number of nitrogens with zero attached hydrogens (tertiary/aromatic N) is 2. The van der Waals surface area contributed by atoms with Gasteiger partial charge in [0.2, 0.25) is 0 Å². The minimum atomic E-state index is 0.917. The van der Waals surface area contributed by atoms with Gasteiger partial charge < -0.3 is 4.42 Å². The summed E-state index contributed by atoms with van der Waals surface area (Å²) in [6.45, 7) is 0. The molecule has 3 nitrogen and oxygen atoms in total. The van der Waals surface area contributed by atoms with E-state index in [-0.39, 0.29) is 0 Å². The number of thiophene rings is 1. The van der Waals surface area contributed by atoms with Gasteiger partial charge in [-0.2, -0.15) is 0 Å². The molecule has 4 heterocycles. The van der Waals surface area contributed by atoms with Gasteiger partial charge in [-0.25, -0.2) is 4.98 Å². The Morgan fingerprint density at radius 1 is 0.436 bits per heavy atom. The maximum atomic E-state index is 6.36. The van der Waals surface area contributed by atoms with E-state index in [0.29, 0.717) is 0 Å². The zero-order valence-corrected chi connectivity index (χ0v) is 30.3. The normalized spacial score (nSPS) is 12.0. The van der Waals surface area contributed by atoms with E-state index >= 15 is 0 Å². The van der Waals surface area contributed by atoms with Gasteiger partial charge in [-0.15, -0.1) is 11.3 Å². The van der Waals surface area contributed by atoms with Gasteiger partial charge in [0.05, 0.1) is 21.4 Å². The summed E-state index contributed by atoms with van der Waals surface area (Å²) >= 11 is 1.82. The lowest BCUT2D eigenvalue weighted by atomic mass is 9.91. The molecule has 0 amide bonds. The first-order chi connectivity index (χ1) is 27.3. The fourth-order valence-electron chi connectivity index (χ4n) is 8.64. The highest BCUT2D eigenvalue weighted by molar-refractivity contribution is 7.26. The third-order valence-corrected chi connectivity index (χ3v) is 12.4. The Morgan fingerprint density at radius 2 is 1.02 bits per heavy atom. The quantitative estimate of drug-likeness (QED) is 0.181. The van der Waals surface area contributed by atoms with Crippen molar-refractivity contribution in [3.05, 3.63) is 182 Å². The number of benzene rings is 8. The van der Waals surface area contributed by atoms with Crippen LogP contribution in [0, 0.1) is 0 Å². The molecule has 0 atom stereocenters. The second-order valence-corrected chi connectivity index (χ2v) is 15.3. The van der Waals surface area contributed by atoms with Crippen LogP contribution in [0.25, 0.3) is 114 Å². The lowest BCUT2D eigenvalue weighted by molar-refractivity contribution is 0.670. The van der Waals surface area contributed by atoms with Crippen LogP contribution in [-0.2, 0) is 0 Å². The standard InChI is InChI=1S/C51H30N2OS/c1-2-11-39-36(29-28-35(38(39)10-1)31-20-22-33(23-21-31)37-14-9-15-42-40-12-3-7-18-47(40)54-49(37)42)32-24-26-34(27-25-32)46-30-43-41-13-4-8-19-48(41)55-50(43)51-52-44-16-5-6-17-45(44)53(46)51/h1-30H. The van der Waals surface area contributed by atoms with Crippen molar-refractivity contribution in [2.24, 2.45) is 0 Å². The van der Waals surface area contributed by atoms with Gasteiger partial charge in [-0.05, 0) is 74.5 Å². The molecule has 0 spiro atoms. The van der Waals surface area contributed by atoms with E-state index in [4.69, 9.17) is 9.40 Å². The third kappa shape index (κ3) is 4.59. The van der Waals surface area contributed by atoms with E-state index in [1.165, 1.54) is 53.2 Å². The van der Waals surface area contributed by atoms with Gasteiger partial charge in [0.25, 0.3) is 0 Å². The fraction of sp³-hybridized carbons (Fsp3) is 0. The van der Waals surface area contributed by atoms with Crippen molar-refractivity contribution >= 4 is 80.9 Å². The highest BCUT2D eigenvalue weighted by Crippen LogP contribution is 2.42. The molecule has 0 saturated carbocycles. The summed E-state index contributed by atoms with van der Waals surface area (Å²) in [5, 5.41) is 7.29. The average molecular weight is 719 g/mol. The molecule has 8 aromatic carbocycles. The number of pyridine rings is 1. The molecular formula is C51H30N2OS. The second kappa shape index (κ2) is 11.7. The molecule has 0 aliphatic carbocycles. The van der Waals surface area contributed by atoms with Crippen LogP contribution >= 0.6 is 11.3 Å². The van der Waals surface area contributed by atoms with Crippen molar-refractivity contribution in [3.63, 3.8) is 0 Å². The summed E-state index contributed by atoms with van der Waals surface area (Å²) in [6.07, 6.45) is 0. The zero-order valence-electron chi connectivity index (χ0n) is 29.5. The average Bonchev–Trinajstić information content (AvgIpc) is 3.95. The Hall–Kier alpha value is -7.01. The van der Waals surface area contributed by atoms with E-state index in [9.17, 15) is 0 Å². The van der Waals surface area contributed by atoms with Gasteiger partial charge >= 0.3 is 0 Å². The SMILES string of the molecule is c1ccc2c(c1)nc1c3sc4ccccc4c3cc(-c3ccc(-c4ccc(-c5ccc(-c6cccc7c6oc6ccccc67)cc5)c5ccccc45)cc3)n21. The first-order valence-electron chi connectivity index (χ1n) is 18.6. The van der Waals surface area contributed by atoms with Crippen molar-refractivity contribution in [2.75, 3.05) is 0 Å². The van der Waals surface area contributed by atoms with Crippen LogP contribution in [0.15, 0.2) is 186 Å². The van der Waals surface area contributed by atoms with Gasteiger partial charge in [0.1, 0.15) is 11.2 Å². The number of hydrogen-bond donors (Lipinski definition) is 0. The predicted molar refractivity (Wildman–Crippen MR) is 232 cm³/mol. The molecule has 0 radical (unpaired) electrons. The Morgan fingerprint density at radius 3 is 1.76 bits per heavy atom. The van der Waals surface area contributed by atoms with Crippen LogP contribution in [0.5, 0.6) is 0 Å². The molecule has 4 heteroatoms. The fourth-order valence-corrected chi connectivity index (χ4v) is 9.80. The van der Waals surface area contributed by atoms with E-state index < -0.39 is 0 Å². The summed E-state index contributed by atoms with van der Waals surface area (Å²) in [5.74, 6) is 0. The minimum Gasteiger partial charge on any atom is -0.455 e. The van der Waals surface area contributed by atoms with Gasteiger partial charge in [0, 0.05) is 31.8 Å². The van der Waals surface area contributed by atoms with Gasteiger partial charge in [-0.3, -0.25) is 4.40 Å². The molecule has 0 aliphatic rings. The molecule has 4 aromatic heterocycles. The Bertz CT molecular complexity index is 3480. The van der Waals surface area contributed by atoms with E-state index in [1.807, 2.05) is 23.5 Å². The Labute approximate surface area is 320 Å². The lowest BCUT2D eigenvalue weighted by Gasteiger charge is -2.14. The molecule has 256 valence electrons. The highest BCUT2D eigenvalue weighted by Gasteiger charge is 2.18. The maximum absolute atomic E-state index is 6.36. The molecule has 12 rings (SSSR count). The van der Waals surface area contributed by atoms with Crippen molar-refractivity contribution in [1.82, 2.24) is 9.38 Å². The van der Waals surface area contributed by atoms with Crippen LogP contribution in [0.4, 0.5) is 0 Å². The number of hydrogen-bond acceptors (Lipinski definition) is 3. The predicted octanol–water partition coefficient (Wildman–Crippen LogP) is 14.6. The van der Waals surface area contributed by atoms with Crippen LogP contribution < -0.4 is 0 Å². The summed E-state index contributed by atoms with van der Waals surface area (Å²) in [6, 6.07) is 65.5. The number of rotatable bonds is 4. The zero-order chi connectivity index (χ0) is 36.0. The Balaban J connectivity index is 0.943. The van der Waals surface area contributed by atoms with E-state index in [1.54, 1.807) is 0 Å². The summed E-state index contributed by atoms with van der Waals surface area (Å²) in [4.78, 5) is 5.17. The summed E-state index contributed by atoms with van der Waals surface area (Å²) < 4.78 is 11.2. The molecule has 0 aliphatic heterocycles. The number of furan rings is 1. The monoisotopic (exact) mass is 718 g/mol. The van der Waals surface area contributed by atoms with Crippen LogP contribution in [0.3, 0.4) is 0 Å². The first-order valence-corrected chi connectivity index (χ1v) is 19.4. The number of fused-ring (bicyclic) bond motifs is 11. The molecule has 0 unspecified atom stereocenters. The van der Waals surface area contributed by atoms with Gasteiger partial charge in [-0.1, -0.05) is 152 Å². The largest absolute Gasteiger partial charge is 0.455 e. The molecular weight excluding hydrogens is 689 g/mol. The van der Waals surface area contributed by atoms with Crippen LogP contribution in [0.2, 0.25) is 0 Å². The molecule has 0 fully saturated rings. The third-order valence-electron chi connectivity index (χ3n) is 11.2. The Kier molecular flexibility index (Phi) is 6.50. The second-order valence-electron chi connectivity index (χ2n) is 14.3. The number of imidazole rings is 1. The van der Waals surface area contributed by atoms with Crippen LogP contribution in [-0.4, -0.2) is 9.38 Å². The number of para-hydroxylation sites is 4. The molecule has 0 N–H and O–H groups in total. The molecule has 12 aromatic rings. The lowest BCUT2D eigenvalue weighted by Crippen LogP contribution is -1.93. The molecule has 0 bridgehead atoms. The molecule has 0 saturated heterocycles. The van der Waals surface area contributed by atoms with Gasteiger partial charge in [0.15, 0.2) is 5.65 Å². The van der Waals surface area contributed by atoms with Crippen molar-refractivity contribution < 1.29 is 4.42 Å². The van der Waals surface area contributed by atoms with E-state index in [2.05, 4.69) is 174 Å². The highest BCUT2D eigenvalue weighted by atomic mass is 32.1. The summed E-state index contributed by atoms with van der Waals surface area (Å²) in [7, 11) is 0. The smallest absolute Gasteiger partial charge is 0.156 e. The first kappa shape index (κ1) is 30.5. The van der Waals surface area contributed by atoms with Crippen molar-refractivity contribution in [1.29, 1.82) is 0 Å². The minimum absolute atomic E-state index is 0.917.